The highest BCUT2D eigenvalue weighted by atomic mass is 32.2. The molecule has 2 aromatic rings. The van der Waals surface area contributed by atoms with Crippen LogP contribution in [0.1, 0.15) is 44.6 Å². The smallest absolute Gasteiger partial charge is 0.298 e. The quantitative estimate of drug-likeness (QED) is 0.486. The van der Waals surface area contributed by atoms with Crippen LogP contribution in [0, 0.1) is 0 Å². The first-order valence-corrected chi connectivity index (χ1v) is 9.91. The minimum atomic E-state index is -4.44. The number of aryl methyl sites for hydroxylation is 1. The van der Waals surface area contributed by atoms with Crippen molar-refractivity contribution in [3.63, 3.8) is 0 Å². The molecular formula is C19H24O5S. The minimum absolute atomic E-state index is 0.109. The van der Waals surface area contributed by atoms with Crippen molar-refractivity contribution in [1.82, 2.24) is 0 Å². The summed E-state index contributed by atoms with van der Waals surface area (Å²) >= 11 is 0. The first kappa shape index (κ1) is 19.3. The average Bonchev–Trinajstić information content (AvgIpc) is 2.54. The second-order valence-electron chi connectivity index (χ2n) is 6.02. The molecule has 0 radical (unpaired) electrons. The summed E-state index contributed by atoms with van der Waals surface area (Å²) in [7, 11) is -4.44. The zero-order chi connectivity index (χ0) is 18.3. The molecule has 5 nitrogen and oxygen atoms in total. The van der Waals surface area contributed by atoms with Crippen LogP contribution in [-0.4, -0.2) is 18.1 Å². The first-order chi connectivity index (χ1) is 11.9. The third-order valence-corrected chi connectivity index (χ3v) is 4.79. The third kappa shape index (κ3) is 6.07. The Morgan fingerprint density at radius 1 is 1.00 bits per heavy atom. The van der Waals surface area contributed by atoms with Crippen LogP contribution in [0.3, 0.4) is 0 Å². The molecule has 0 aliphatic rings. The topological polar surface area (TPSA) is 83.8 Å². The van der Waals surface area contributed by atoms with E-state index in [1.54, 1.807) is 6.07 Å². The number of phenolic OH excluding ortho intramolecular Hbond substituents is 1. The van der Waals surface area contributed by atoms with Crippen LogP contribution in [-0.2, 0) is 16.5 Å². The van der Waals surface area contributed by atoms with Gasteiger partial charge in [-0.2, -0.15) is 8.42 Å². The minimum Gasteiger partial charge on any atom is -0.508 e. The van der Waals surface area contributed by atoms with Crippen molar-refractivity contribution >= 4 is 10.1 Å². The Morgan fingerprint density at radius 2 is 1.76 bits per heavy atom. The van der Waals surface area contributed by atoms with E-state index < -0.39 is 10.1 Å². The van der Waals surface area contributed by atoms with Gasteiger partial charge in [0.15, 0.2) is 5.75 Å². The van der Waals surface area contributed by atoms with Gasteiger partial charge >= 0.3 is 0 Å². The Balaban J connectivity index is 2.11. The van der Waals surface area contributed by atoms with Gasteiger partial charge in [0.1, 0.15) is 16.4 Å². The van der Waals surface area contributed by atoms with E-state index >= 15 is 0 Å². The number of unbranched alkanes of at least 4 members (excludes halogenated alkanes) is 4. The molecule has 6 heteroatoms. The van der Waals surface area contributed by atoms with Crippen LogP contribution in [0.2, 0.25) is 0 Å². The van der Waals surface area contributed by atoms with Crippen LogP contribution >= 0.6 is 0 Å². The molecule has 0 atom stereocenters. The number of hydrogen-bond donors (Lipinski definition) is 2. The summed E-state index contributed by atoms with van der Waals surface area (Å²) in [6, 6.07) is 10.8. The van der Waals surface area contributed by atoms with E-state index in [9.17, 15) is 18.1 Å². The number of rotatable bonds is 9. The second kappa shape index (κ2) is 8.87. The van der Waals surface area contributed by atoms with Crippen LogP contribution in [0.15, 0.2) is 47.4 Å². The number of hydrogen-bond acceptors (Lipinski definition) is 4. The largest absolute Gasteiger partial charge is 0.508 e. The number of phenols is 1. The average molecular weight is 364 g/mol. The van der Waals surface area contributed by atoms with Gasteiger partial charge in [0.05, 0.1) is 0 Å². The van der Waals surface area contributed by atoms with Crippen LogP contribution in [0.4, 0.5) is 0 Å². The lowest BCUT2D eigenvalue weighted by Gasteiger charge is -2.11. The van der Waals surface area contributed by atoms with E-state index in [0.717, 1.165) is 24.5 Å². The maximum Gasteiger partial charge on any atom is 0.298 e. The molecule has 0 aliphatic carbocycles. The molecule has 2 rings (SSSR count). The lowest BCUT2D eigenvalue weighted by molar-refractivity contribution is 0.437. The summed E-state index contributed by atoms with van der Waals surface area (Å²) in [4.78, 5) is -0.379. The van der Waals surface area contributed by atoms with E-state index in [4.69, 9.17) is 4.74 Å². The van der Waals surface area contributed by atoms with E-state index in [-0.39, 0.29) is 16.4 Å². The van der Waals surface area contributed by atoms with Gasteiger partial charge in [-0.25, -0.2) is 0 Å². The predicted molar refractivity (Wildman–Crippen MR) is 96.9 cm³/mol. The van der Waals surface area contributed by atoms with Gasteiger partial charge in [-0.1, -0.05) is 44.7 Å². The van der Waals surface area contributed by atoms with Gasteiger partial charge in [0, 0.05) is 6.07 Å². The SMILES string of the molecule is CCCCCCCc1cccc(Oc2cc(O)ccc2S(=O)(=O)O)c1. The number of benzene rings is 2. The van der Waals surface area contributed by atoms with Crippen molar-refractivity contribution in [2.24, 2.45) is 0 Å². The molecule has 0 bridgehead atoms. The predicted octanol–water partition coefficient (Wildman–Crippen LogP) is 4.94. The first-order valence-electron chi connectivity index (χ1n) is 8.47. The van der Waals surface area contributed by atoms with Crippen LogP contribution in [0.5, 0.6) is 17.2 Å². The molecule has 0 spiro atoms. The summed E-state index contributed by atoms with van der Waals surface area (Å²) in [5.74, 6) is 0.207. The van der Waals surface area contributed by atoms with Gasteiger partial charge in [-0.05, 0) is 42.7 Å². The molecule has 0 amide bonds. The third-order valence-electron chi connectivity index (χ3n) is 3.90. The zero-order valence-electron chi connectivity index (χ0n) is 14.3. The van der Waals surface area contributed by atoms with Crippen molar-refractivity contribution in [2.45, 2.75) is 50.3 Å². The molecule has 2 N–H and O–H groups in total. The van der Waals surface area contributed by atoms with E-state index in [2.05, 4.69) is 6.92 Å². The maximum absolute atomic E-state index is 11.4. The molecule has 0 aromatic heterocycles. The van der Waals surface area contributed by atoms with Crippen LogP contribution in [0.25, 0.3) is 0 Å². The normalized spacial score (nSPS) is 11.4. The summed E-state index contributed by atoms with van der Waals surface area (Å²) in [6.45, 7) is 2.18. The highest BCUT2D eigenvalue weighted by Crippen LogP contribution is 2.32. The maximum atomic E-state index is 11.4. The molecule has 0 heterocycles. The Kier molecular flexibility index (Phi) is 6.84. The summed E-state index contributed by atoms with van der Waals surface area (Å²) in [5, 5.41) is 9.57. The number of ether oxygens (including phenoxy) is 1. The molecule has 0 unspecified atom stereocenters. The fraction of sp³-hybridized carbons (Fsp3) is 0.368. The standard InChI is InChI=1S/C19H24O5S/c1-2-3-4-5-6-8-15-9-7-10-17(13-15)24-18-14-16(20)11-12-19(18)25(21,22)23/h7,9-14,20H,2-6,8H2,1H3,(H,21,22,23). The summed E-state index contributed by atoms with van der Waals surface area (Å²) in [6.07, 6.45) is 6.88. The van der Waals surface area contributed by atoms with Gasteiger partial charge in [-0.3, -0.25) is 4.55 Å². The fourth-order valence-corrected chi connectivity index (χ4v) is 3.21. The Morgan fingerprint density at radius 3 is 2.48 bits per heavy atom. The van der Waals surface area contributed by atoms with Crippen molar-refractivity contribution in [3.05, 3.63) is 48.0 Å². The highest BCUT2D eigenvalue weighted by Gasteiger charge is 2.18. The molecule has 25 heavy (non-hydrogen) atoms. The zero-order valence-corrected chi connectivity index (χ0v) is 15.1. The fourth-order valence-electron chi connectivity index (χ4n) is 2.61. The summed E-state index contributed by atoms with van der Waals surface area (Å²) < 4.78 is 37.8. The lowest BCUT2D eigenvalue weighted by Crippen LogP contribution is -2.01. The van der Waals surface area contributed by atoms with Gasteiger partial charge in [0.2, 0.25) is 0 Å². The number of aromatic hydroxyl groups is 1. The molecule has 0 fully saturated rings. The van der Waals surface area contributed by atoms with E-state index in [1.165, 1.54) is 37.8 Å². The molecule has 0 saturated carbocycles. The van der Waals surface area contributed by atoms with Gasteiger partial charge in [0.25, 0.3) is 10.1 Å². The lowest BCUT2D eigenvalue weighted by atomic mass is 10.1. The molecule has 0 saturated heterocycles. The van der Waals surface area contributed by atoms with E-state index in [1.807, 2.05) is 18.2 Å². The molecular weight excluding hydrogens is 340 g/mol. The van der Waals surface area contributed by atoms with Gasteiger partial charge in [-0.15, -0.1) is 0 Å². The van der Waals surface area contributed by atoms with E-state index in [0.29, 0.717) is 5.75 Å². The molecule has 0 aliphatic heterocycles. The highest BCUT2D eigenvalue weighted by molar-refractivity contribution is 7.86. The second-order valence-corrected chi connectivity index (χ2v) is 7.41. The monoisotopic (exact) mass is 364 g/mol. The van der Waals surface area contributed by atoms with Crippen molar-refractivity contribution < 1.29 is 22.8 Å². The van der Waals surface area contributed by atoms with Crippen molar-refractivity contribution in [1.29, 1.82) is 0 Å². The Hall–Kier alpha value is -2.05. The molecule has 136 valence electrons. The Bertz CT molecular complexity index is 799. The summed E-state index contributed by atoms with van der Waals surface area (Å²) in [5.41, 5.74) is 1.10. The molecule has 2 aromatic carbocycles. The van der Waals surface area contributed by atoms with Gasteiger partial charge < -0.3 is 9.84 Å². The van der Waals surface area contributed by atoms with Crippen molar-refractivity contribution in [3.8, 4) is 17.2 Å². The van der Waals surface area contributed by atoms with Crippen molar-refractivity contribution in [2.75, 3.05) is 0 Å². The Labute approximate surface area is 149 Å². The van der Waals surface area contributed by atoms with Crippen LogP contribution < -0.4 is 4.74 Å².